The molecule has 2 aliphatic rings. The van der Waals surface area contributed by atoms with E-state index in [1.807, 2.05) is 55.5 Å². The fraction of sp³-hybridized carbons (Fsp3) is 0.267. The van der Waals surface area contributed by atoms with Crippen molar-refractivity contribution >= 4 is 39.0 Å². The highest BCUT2D eigenvalue weighted by molar-refractivity contribution is 7.16. The van der Waals surface area contributed by atoms with Gasteiger partial charge in [0.2, 0.25) is 0 Å². The van der Waals surface area contributed by atoms with Gasteiger partial charge in [-0.15, -0.1) is 11.3 Å². The van der Waals surface area contributed by atoms with Crippen LogP contribution in [0.1, 0.15) is 63.2 Å². The predicted octanol–water partition coefficient (Wildman–Crippen LogP) is 6.50. The van der Waals surface area contributed by atoms with Gasteiger partial charge >= 0.3 is 5.97 Å². The first-order valence-corrected chi connectivity index (χ1v) is 13.5. The van der Waals surface area contributed by atoms with Crippen LogP contribution in [0.4, 0.5) is 5.00 Å². The number of hydrogen-bond donors (Lipinski definition) is 2. The van der Waals surface area contributed by atoms with Crippen molar-refractivity contribution < 1.29 is 19.1 Å². The second-order valence-corrected chi connectivity index (χ2v) is 10.8. The van der Waals surface area contributed by atoms with Gasteiger partial charge < -0.3 is 20.1 Å². The number of esters is 1. The van der Waals surface area contributed by atoms with E-state index in [9.17, 15) is 9.59 Å². The summed E-state index contributed by atoms with van der Waals surface area (Å²) in [6.45, 7) is 4.56. The number of thiophene rings is 1. The largest absolute Gasteiger partial charge is 0.490 e. The van der Waals surface area contributed by atoms with Crippen molar-refractivity contribution in [1.82, 2.24) is 5.32 Å². The quantitative estimate of drug-likeness (QED) is 0.236. The molecule has 0 spiro atoms. The molecular formula is C30H28N2O4S. The summed E-state index contributed by atoms with van der Waals surface area (Å²) >= 11 is 1.70. The van der Waals surface area contributed by atoms with E-state index in [2.05, 4.69) is 17.6 Å². The first-order chi connectivity index (χ1) is 18.0. The Morgan fingerprint density at radius 1 is 1.05 bits per heavy atom. The average Bonchev–Trinajstić information content (AvgIpc) is 3.27. The van der Waals surface area contributed by atoms with Crippen molar-refractivity contribution in [3.63, 3.8) is 0 Å². The minimum Gasteiger partial charge on any atom is -0.490 e. The van der Waals surface area contributed by atoms with Gasteiger partial charge in [-0.2, -0.15) is 0 Å². The molecule has 0 saturated heterocycles. The monoisotopic (exact) mass is 512 g/mol. The number of amides is 1. The summed E-state index contributed by atoms with van der Waals surface area (Å²) in [5.74, 6) is 0.943. The smallest absolute Gasteiger partial charge is 0.344 e. The summed E-state index contributed by atoms with van der Waals surface area (Å²) in [6.07, 6.45) is 2.69. The van der Waals surface area contributed by atoms with Gasteiger partial charge in [0.05, 0.1) is 17.7 Å². The standard InChI is InChI=1S/C30H28N2O4S/c1-3-35-24-16-19(27-31-28(33)26-22-13-11-17(2)15-25(22)37-29(26)32-27)12-14-23(24)36-30(34)21-10-6-8-18-7-4-5-9-20(18)21/h4-10,12,14,16-17,27,32H,3,11,13,15H2,1-2H3,(H,31,33)/t17-,27+/m0/s1. The molecule has 6 nitrogen and oxygen atoms in total. The van der Waals surface area contributed by atoms with Gasteiger partial charge in [-0.25, -0.2) is 4.79 Å². The Bertz CT molecular complexity index is 1520. The topological polar surface area (TPSA) is 76.7 Å². The van der Waals surface area contributed by atoms with Crippen LogP contribution >= 0.6 is 11.3 Å². The Morgan fingerprint density at radius 3 is 2.76 bits per heavy atom. The van der Waals surface area contributed by atoms with E-state index < -0.39 is 12.1 Å². The lowest BCUT2D eigenvalue weighted by Gasteiger charge is -2.27. The van der Waals surface area contributed by atoms with Gasteiger partial charge in [0.1, 0.15) is 11.2 Å². The average molecular weight is 513 g/mol. The molecule has 0 unspecified atom stereocenters. The van der Waals surface area contributed by atoms with E-state index in [4.69, 9.17) is 9.47 Å². The minimum absolute atomic E-state index is 0.0461. The van der Waals surface area contributed by atoms with Gasteiger partial charge in [-0.3, -0.25) is 4.79 Å². The van der Waals surface area contributed by atoms with Crippen LogP contribution in [-0.2, 0) is 12.8 Å². The van der Waals surface area contributed by atoms with Crippen LogP contribution in [0.3, 0.4) is 0 Å². The lowest BCUT2D eigenvalue weighted by molar-refractivity contribution is 0.0730. The number of carbonyl (C=O) groups is 2. The molecule has 1 amide bonds. The number of ether oxygens (including phenoxy) is 2. The van der Waals surface area contributed by atoms with Gasteiger partial charge in [0, 0.05) is 4.88 Å². The summed E-state index contributed by atoms with van der Waals surface area (Å²) in [4.78, 5) is 27.6. The summed E-state index contributed by atoms with van der Waals surface area (Å²) in [6, 6.07) is 18.7. The van der Waals surface area contributed by atoms with E-state index >= 15 is 0 Å². The summed E-state index contributed by atoms with van der Waals surface area (Å²) in [5, 5.41) is 9.36. The van der Waals surface area contributed by atoms with Crippen LogP contribution < -0.4 is 20.1 Å². The van der Waals surface area contributed by atoms with Gasteiger partial charge in [0.15, 0.2) is 11.5 Å². The number of benzene rings is 3. The molecule has 0 radical (unpaired) electrons. The first kappa shape index (κ1) is 23.6. The zero-order valence-corrected chi connectivity index (χ0v) is 21.6. The fourth-order valence-corrected chi connectivity index (χ4v) is 6.68. The third kappa shape index (κ3) is 4.33. The highest BCUT2D eigenvalue weighted by Gasteiger charge is 2.33. The predicted molar refractivity (Wildman–Crippen MR) is 146 cm³/mol. The number of anilines is 1. The number of nitrogens with one attached hydrogen (secondary N) is 2. The van der Waals surface area contributed by atoms with Crippen LogP contribution in [0.2, 0.25) is 0 Å². The summed E-state index contributed by atoms with van der Waals surface area (Å²) < 4.78 is 11.7. The summed E-state index contributed by atoms with van der Waals surface area (Å²) in [7, 11) is 0. The highest BCUT2D eigenvalue weighted by Crippen LogP contribution is 2.43. The maximum absolute atomic E-state index is 13.1. The van der Waals surface area contributed by atoms with Crippen molar-refractivity contribution in [3.8, 4) is 11.5 Å². The number of rotatable bonds is 5. The number of hydrogen-bond acceptors (Lipinski definition) is 6. The molecule has 6 rings (SSSR count). The Labute approximate surface area is 219 Å². The minimum atomic E-state index is -0.447. The number of fused-ring (bicyclic) bond motifs is 4. The van der Waals surface area contributed by atoms with Crippen LogP contribution in [0.15, 0.2) is 60.7 Å². The molecule has 2 N–H and O–H groups in total. The molecule has 1 aromatic heterocycles. The highest BCUT2D eigenvalue weighted by atomic mass is 32.1. The third-order valence-corrected chi connectivity index (χ3v) is 8.29. The summed E-state index contributed by atoms with van der Waals surface area (Å²) in [5.41, 5.74) is 3.32. The van der Waals surface area contributed by atoms with Crippen LogP contribution in [0, 0.1) is 5.92 Å². The van der Waals surface area contributed by atoms with E-state index in [1.54, 1.807) is 23.5 Å². The SMILES string of the molecule is CCOc1cc([C@@H]2NC(=O)c3c(sc4c3CC[C@H](C)C4)N2)ccc1OC(=O)c1cccc2ccccc12. The van der Waals surface area contributed by atoms with Crippen molar-refractivity contribution in [2.75, 3.05) is 11.9 Å². The third-order valence-electron chi connectivity index (χ3n) is 7.10. The molecule has 1 aliphatic carbocycles. The van der Waals surface area contributed by atoms with Crippen LogP contribution in [0.25, 0.3) is 10.8 Å². The number of carbonyl (C=O) groups excluding carboxylic acids is 2. The maximum Gasteiger partial charge on any atom is 0.344 e. The first-order valence-electron chi connectivity index (χ1n) is 12.7. The second kappa shape index (κ2) is 9.56. The molecule has 3 aromatic carbocycles. The van der Waals surface area contributed by atoms with E-state index in [1.165, 1.54) is 10.4 Å². The Balaban J connectivity index is 1.27. The lowest BCUT2D eigenvalue weighted by Crippen LogP contribution is -2.38. The molecule has 0 bridgehead atoms. The molecule has 4 aromatic rings. The molecule has 1 aliphatic heterocycles. The van der Waals surface area contributed by atoms with Crippen molar-refractivity contribution in [2.24, 2.45) is 5.92 Å². The second-order valence-electron chi connectivity index (χ2n) is 9.66. The molecule has 2 atom stereocenters. The van der Waals surface area contributed by atoms with Crippen molar-refractivity contribution in [1.29, 1.82) is 0 Å². The molecule has 0 saturated carbocycles. The molecule has 37 heavy (non-hydrogen) atoms. The normalized spacial score (nSPS) is 18.4. The maximum atomic E-state index is 13.1. The van der Waals surface area contributed by atoms with Crippen LogP contribution in [0.5, 0.6) is 11.5 Å². The van der Waals surface area contributed by atoms with Gasteiger partial charge in [0.25, 0.3) is 5.91 Å². The van der Waals surface area contributed by atoms with Crippen molar-refractivity contribution in [2.45, 2.75) is 39.3 Å². The zero-order valence-electron chi connectivity index (χ0n) is 20.8. The van der Waals surface area contributed by atoms with Gasteiger partial charge in [-0.05, 0) is 72.2 Å². The lowest BCUT2D eigenvalue weighted by atomic mass is 9.88. The molecule has 0 fully saturated rings. The van der Waals surface area contributed by atoms with Crippen molar-refractivity contribution in [3.05, 3.63) is 87.8 Å². The zero-order chi connectivity index (χ0) is 25.5. The molecule has 188 valence electrons. The Hall–Kier alpha value is -3.84. The Morgan fingerprint density at radius 2 is 1.89 bits per heavy atom. The molecule has 7 heteroatoms. The van der Waals surface area contributed by atoms with E-state index in [0.717, 1.165) is 46.2 Å². The molecule has 2 heterocycles. The van der Waals surface area contributed by atoms with Gasteiger partial charge in [-0.1, -0.05) is 49.4 Å². The van der Waals surface area contributed by atoms with E-state index in [-0.39, 0.29) is 5.91 Å². The van der Waals surface area contributed by atoms with E-state index in [0.29, 0.717) is 29.6 Å². The van der Waals surface area contributed by atoms with Crippen LogP contribution in [-0.4, -0.2) is 18.5 Å². The fourth-order valence-electron chi connectivity index (χ4n) is 5.24. The Kier molecular flexibility index (Phi) is 6.08. The molecular weight excluding hydrogens is 484 g/mol.